The van der Waals surface area contributed by atoms with Crippen LogP contribution in [0.4, 0.5) is 4.79 Å². The molecule has 1 saturated heterocycles. The van der Waals surface area contributed by atoms with E-state index in [0.29, 0.717) is 0 Å². The van der Waals surface area contributed by atoms with Crippen LogP contribution in [0.5, 0.6) is 0 Å². The highest BCUT2D eigenvalue weighted by molar-refractivity contribution is 5.82. The summed E-state index contributed by atoms with van der Waals surface area (Å²) in [4.78, 5) is 28.8. The molecule has 0 aromatic heterocycles. The predicted octanol–water partition coefficient (Wildman–Crippen LogP) is 3.42. The summed E-state index contributed by atoms with van der Waals surface area (Å²) in [5.41, 5.74) is 8.79. The smallest absolute Gasteiger partial charge is 0.411 e. The van der Waals surface area contributed by atoms with E-state index in [1.165, 1.54) is 4.90 Å². The largest absolute Gasteiger partial charge is 0.459 e. The Morgan fingerprint density at radius 3 is 2.60 bits per heavy atom. The average molecular weight is 346 g/mol. The second-order valence-electron chi connectivity index (χ2n) is 6.84. The maximum absolute atomic E-state index is 12.4. The van der Waals surface area contributed by atoms with Gasteiger partial charge in [-0.1, -0.05) is 35.4 Å². The van der Waals surface area contributed by atoms with Gasteiger partial charge in [0.1, 0.15) is 18.2 Å². The van der Waals surface area contributed by atoms with Crippen LogP contribution in [0.25, 0.3) is 10.4 Å². The van der Waals surface area contributed by atoms with Gasteiger partial charge in [-0.3, -0.25) is 4.90 Å². The topological polar surface area (TPSA) is 105 Å². The first-order valence-electron chi connectivity index (χ1n) is 8.04. The molecular weight excluding hydrogens is 324 g/mol. The molecule has 2 rings (SSSR count). The van der Waals surface area contributed by atoms with Crippen LogP contribution in [0.1, 0.15) is 32.8 Å². The van der Waals surface area contributed by atoms with Crippen LogP contribution in [-0.4, -0.2) is 41.2 Å². The highest BCUT2D eigenvalue weighted by Crippen LogP contribution is 2.24. The minimum atomic E-state index is -0.825. The van der Waals surface area contributed by atoms with E-state index in [4.69, 9.17) is 15.0 Å². The molecule has 1 fully saturated rings. The highest BCUT2D eigenvalue weighted by Gasteiger charge is 2.42. The normalized spacial score (nSPS) is 19.9. The standard InChI is InChI=1S/C17H22N4O4/c1-17(2,3)25-16(23)21-10-13(19-20-18)9-14(21)15(22)24-11-12-7-5-4-6-8-12/h4-8,13-14H,9-11H2,1-3H3. The minimum Gasteiger partial charge on any atom is -0.459 e. The van der Waals surface area contributed by atoms with Gasteiger partial charge in [-0.15, -0.1) is 0 Å². The molecule has 1 aliphatic heterocycles. The molecule has 1 aliphatic rings. The van der Waals surface area contributed by atoms with Crippen LogP contribution in [0, 0.1) is 0 Å². The first kappa shape index (κ1) is 18.6. The third-order valence-corrected chi connectivity index (χ3v) is 3.62. The highest BCUT2D eigenvalue weighted by atomic mass is 16.6. The number of amides is 1. The fraction of sp³-hybridized carbons (Fsp3) is 0.529. The monoisotopic (exact) mass is 346 g/mol. The van der Waals surface area contributed by atoms with Crippen LogP contribution in [-0.2, 0) is 20.9 Å². The number of esters is 1. The molecule has 1 aromatic carbocycles. The molecule has 8 nitrogen and oxygen atoms in total. The predicted molar refractivity (Wildman–Crippen MR) is 90.5 cm³/mol. The Hall–Kier alpha value is -2.73. The summed E-state index contributed by atoms with van der Waals surface area (Å²) in [5, 5.41) is 3.63. The Balaban J connectivity index is 2.06. The van der Waals surface area contributed by atoms with Gasteiger partial charge < -0.3 is 9.47 Å². The van der Waals surface area contributed by atoms with Crippen LogP contribution in [0.15, 0.2) is 35.4 Å². The fourth-order valence-corrected chi connectivity index (χ4v) is 2.54. The molecule has 2 atom stereocenters. The number of ether oxygens (including phenoxy) is 2. The van der Waals surface area contributed by atoms with Crippen molar-refractivity contribution < 1.29 is 19.1 Å². The lowest BCUT2D eigenvalue weighted by Gasteiger charge is -2.27. The van der Waals surface area contributed by atoms with E-state index >= 15 is 0 Å². The number of carbonyl (C=O) groups is 2. The van der Waals surface area contributed by atoms with Crippen molar-refractivity contribution in [1.29, 1.82) is 0 Å². The maximum atomic E-state index is 12.4. The number of azide groups is 1. The summed E-state index contributed by atoms with van der Waals surface area (Å²) >= 11 is 0. The zero-order valence-corrected chi connectivity index (χ0v) is 14.6. The van der Waals surface area contributed by atoms with E-state index in [2.05, 4.69) is 10.0 Å². The molecule has 25 heavy (non-hydrogen) atoms. The fourth-order valence-electron chi connectivity index (χ4n) is 2.54. The zero-order chi connectivity index (χ0) is 18.4. The minimum absolute atomic E-state index is 0.116. The Morgan fingerprint density at radius 2 is 2.00 bits per heavy atom. The van der Waals surface area contributed by atoms with Gasteiger partial charge in [0.2, 0.25) is 0 Å². The number of hydrogen-bond acceptors (Lipinski definition) is 5. The van der Waals surface area contributed by atoms with Crippen LogP contribution < -0.4 is 0 Å². The van der Waals surface area contributed by atoms with Crippen LogP contribution >= 0.6 is 0 Å². The summed E-state index contributed by atoms with van der Waals surface area (Å²) in [7, 11) is 0. The van der Waals surface area contributed by atoms with Crippen molar-refractivity contribution in [1.82, 2.24) is 4.90 Å². The van der Waals surface area contributed by atoms with E-state index in [9.17, 15) is 9.59 Å². The van der Waals surface area contributed by atoms with Crippen molar-refractivity contribution in [3.05, 3.63) is 46.3 Å². The maximum Gasteiger partial charge on any atom is 0.411 e. The molecule has 0 radical (unpaired) electrons. The van der Waals surface area contributed by atoms with E-state index in [1.807, 2.05) is 30.3 Å². The molecule has 1 amide bonds. The van der Waals surface area contributed by atoms with E-state index in [-0.39, 0.29) is 19.6 Å². The van der Waals surface area contributed by atoms with Crippen molar-refractivity contribution in [3.8, 4) is 0 Å². The molecule has 1 heterocycles. The molecule has 0 N–H and O–H groups in total. The zero-order valence-electron chi connectivity index (χ0n) is 14.6. The van der Waals surface area contributed by atoms with Crippen LogP contribution in [0.3, 0.4) is 0 Å². The van der Waals surface area contributed by atoms with Crippen molar-refractivity contribution in [2.24, 2.45) is 5.11 Å². The van der Waals surface area contributed by atoms with Crippen molar-refractivity contribution >= 4 is 12.1 Å². The summed E-state index contributed by atoms with van der Waals surface area (Å²) in [6, 6.07) is 7.96. The summed E-state index contributed by atoms with van der Waals surface area (Å²) in [6.07, 6.45) is -0.401. The lowest BCUT2D eigenvalue weighted by molar-refractivity contribution is -0.150. The molecule has 2 unspecified atom stereocenters. The van der Waals surface area contributed by atoms with Crippen LogP contribution in [0.2, 0.25) is 0 Å². The molecule has 8 heteroatoms. The number of nitrogens with zero attached hydrogens (tertiary/aromatic N) is 4. The Morgan fingerprint density at radius 1 is 1.32 bits per heavy atom. The molecule has 1 aromatic rings. The molecule has 0 aliphatic carbocycles. The quantitative estimate of drug-likeness (QED) is 0.360. The first-order valence-corrected chi connectivity index (χ1v) is 8.04. The van der Waals surface area contributed by atoms with E-state index in [0.717, 1.165) is 5.56 Å². The van der Waals surface area contributed by atoms with Gasteiger partial charge >= 0.3 is 12.1 Å². The summed E-state index contributed by atoms with van der Waals surface area (Å²) in [5.74, 6) is -0.537. The molecule has 134 valence electrons. The molecular formula is C17H22N4O4. The second kappa shape index (κ2) is 7.90. The second-order valence-corrected chi connectivity index (χ2v) is 6.84. The number of carbonyl (C=O) groups excluding carboxylic acids is 2. The average Bonchev–Trinajstić information content (AvgIpc) is 2.97. The lowest BCUT2D eigenvalue weighted by Crippen LogP contribution is -2.44. The Labute approximate surface area is 146 Å². The Bertz CT molecular complexity index is 665. The number of rotatable bonds is 4. The van der Waals surface area contributed by atoms with Crippen molar-refractivity contribution in [2.75, 3.05) is 6.54 Å². The van der Waals surface area contributed by atoms with E-state index in [1.54, 1.807) is 20.8 Å². The lowest BCUT2D eigenvalue weighted by atomic mass is 10.2. The summed E-state index contributed by atoms with van der Waals surface area (Å²) < 4.78 is 10.7. The van der Waals surface area contributed by atoms with Gasteiger partial charge in [-0.2, -0.15) is 0 Å². The SMILES string of the molecule is CC(C)(C)OC(=O)N1CC(N=[N+]=[N-])CC1C(=O)OCc1ccccc1. The summed E-state index contributed by atoms with van der Waals surface area (Å²) in [6.45, 7) is 5.48. The number of benzene rings is 1. The third kappa shape index (κ3) is 5.39. The molecule has 0 bridgehead atoms. The van der Waals surface area contributed by atoms with Gasteiger partial charge in [-0.25, -0.2) is 9.59 Å². The first-order chi connectivity index (χ1) is 11.8. The van der Waals surface area contributed by atoms with Gasteiger partial charge in [0.05, 0.1) is 6.04 Å². The number of hydrogen-bond donors (Lipinski definition) is 0. The third-order valence-electron chi connectivity index (χ3n) is 3.62. The molecule has 0 spiro atoms. The van der Waals surface area contributed by atoms with Gasteiger partial charge in [-0.05, 0) is 38.3 Å². The van der Waals surface area contributed by atoms with Gasteiger partial charge in [0.25, 0.3) is 0 Å². The Kier molecular flexibility index (Phi) is 5.88. The number of likely N-dealkylation sites (tertiary alicyclic amines) is 1. The van der Waals surface area contributed by atoms with E-state index < -0.39 is 29.7 Å². The molecule has 0 saturated carbocycles. The van der Waals surface area contributed by atoms with Crippen molar-refractivity contribution in [3.63, 3.8) is 0 Å². The van der Waals surface area contributed by atoms with Crippen molar-refractivity contribution in [2.45, 2.75) is 51.5 Å². The van der Waals surface area contributed by atoms with Gasteiger partial charge in [0.15, 0.2) is 0 Å². The van der Waals surface area contributed by atoms with Gasteiger partial charge in [0, 0.05) is 11.5 Å².